The highest BCUT2D eigenvalue weighted by Crippen LogP contribution is 2.23. The number of hydrogen-bond donors (Lipinski definition) is 2. The molecule has 4 nitrogen and oxygen atoms in total. The zero-order chi connectivity index (χ0) is 13.1. The molecule has 0 bridgehead atoms. The number of halogens is 1. The Labute approximate surface area is 119 Å². The van der Waals surface area contributed by atoms with Crippen molar-refractivity contribution in [2.75, 3.05) is 13.1 Å². The molecule has 1 aliphatic rings. The second kappa shape index (κ2) is 6.14. The average molecular weight is 333 g/mol. The summed E-state index contributed by atoms with van der Waals surface area (Å²) >= 11 is 5.07. The zero-order valence-electron chi connectivity index (χ0n) is 10.2. The van der Waals surface area contributed by atoms with Crippen LogP contribution >= 0.6 is 27.3 Å². The maximum absolute atomic E-state index is 12.3. The van der Waals surface area contributed by atoms with Crippen LogP contribution in [0.1, 0.15) is 18.2 Å². The highest BCUT2D eigenvalue weighted by atomic mass is 79.9. The third-order valence-corrected chi connectivity index (χ3v) is 4.68. The molecule has 0 aromatic carbocycles. The molecular formula is C12H17BrN2O2S. The smallest absolute Gasteiger partial charge is 0.240 e. The largest absolute Gasteiger partial charge is 0.392 e. The number of aliphatic hydroxyl groups excluding tert-OH is 1. The first-order valence-electron chi connectivity index (χ1n) is 6.04. The van der Waals surface area contributed by atoms with Crippen molar-refractivity contribution in [3.05, 3.63) is 20.8 Å². The van der Waals surface area contributed by atoms with Crippen molar-refractivity contribution < 1.29 is 9.90 Å². The van der Waals surface area contributed by atoms with Crippen LogP contribution in [0.2, 0.25) is 0 Å². The number of likely N-dealkylation sites (N-methyl/N-ethyl adjacent to an activating group) is 1. The molecule has 0 spiro atoms. The van der Waals surface area contributed by atoms with E-state index in [9.17, 15) is 9.90 Å². The Bertz CT molecular complexity index is 424. The van der Waals surface area contributed by atoms with Gasteiger partial charge in [0.1, 0.15) is 0 Å². The van der Waals surface area contributed by atoms with E-state index in [2.05, 4.69) is 21.2 Å². The third-order valence-electron chi connectivity index (χ3n) is 3.07. The summed E-state index contributed by atoms with van der Waals surface area (Å²) in [6, 6.07) is 3.79. The molecule has 2 atom stereocenters. The summed E-state index contributed by atoms with van der Waals surface area (Å²) in [7, 11) is 0. The van der Waals surface area contributed by atoms with E-state index < -0.39 is 6.10 Å². The van der Waals surface area contributed by atoms with Gasteiger partial charge >= 0.3 is 0 Å². The lowest BCUT2D eigenvalue weighted by Crippen LogP contribution is -2.43. The number of β-amino-alcohol motifs (C(OH)–C–C–N with tert-alkyl or cyclic N) is 1. The van der Waals surface area contributed by atoms with Gasteiger partial charge < -0.3 is 15.3 Å². The molecule has 1 aliphatic heterocycles. The summed E-state index contributed by atoms with van der Waals surface area (Å²) in [5, 5.41) is 12.5. The van der Waals surface area contributed by atoms with Crippen LogP contribution in [-0.4, -0.2) is 41.1 Å². The summed E-state index contributed by atoms with van der Waals surface area (Å²) < 4.78 is 1.08. The number of carbonyl (C=O) groups excluding carboxylic acids is 1. The summed E-state index contributed by atoms with van der Waals surface area (Å²) in [5.41, 5.74) is 0. The maximum Gasteiger partial charge on any atom is 0.240 e. The quantitative estimate of drug-likeness (QED) is 0.880. The highest BCUT2D eigenvalue weighted by Gasteiger charge is 2.30. The molecule has 0 radical (unpaired) electrons. The van der Waals surface area contributed by atoms with Gasteiger partial charge in [0.05, 0.1) is 22.5 Å². The van der Waals surface area contributed by atoms with Gasteiger partial charge in [0.25, 0.3) is 0 Å². The predicted molar refractivity (Wildman–Crippen MR) is 75.5 cm³/mol. The minimum Gasteiger partial charge on any atom is -0.392 e. The van der Waals surface area contributed by atoms with Crippen molar-refractivity contribution in [3.63, 3.8) is 0 Å². The minimum atomic E-state index is -0.395. The van der Waals surface area contributed by atoms with Gasteiger partial charge in [-0.05, 0) is 41.4 Å². The Morgan fingerprint density at radius 1 is 1.67 bits per heavy atom. The van der Waals surface area contributed by atoms with Gasteiger partial charge in [-0.1, -0.05) is 0 Å². The molecule has 6 heteroatoms. The molecule has 1 saturated heterocycles. The fourth-order valence-electron chi connectivity index (χ4n) is 2.10. The second-order valence-electron chi connectivity index (χ2n) is 4.41. The van der Waals surface area contributed by atoms with E-state index in [-0.39, 0.29) is 11.9 Å². The molecule has 1 aromatic heterocycles. The first kappa shape index (κ1) is 14.0. The molecular weight excluding hydrogens is 316 g/mol. The van der Waals surface area contributed by atoms with Gasteiger partial charge in [0.2, 0.25) is 5.91 Å². The predicted octanol–water partition coefficient (Wildman–Crippen LogP) is 1.58. The van der Waals surface area contributed by atoms with Crippen molar-refractivity contribution in [2.24, 2.45) is 0 Å². The van der Waals surface area contributed by atoms with Crippen molar-refractivity contribution in [2.45, 2.75) is 32.0 Å². The summed E-state index contributed by atoms with van der Waals surface area (Å²) in [6.07, 6.45) is 0.122. The van der Waals surface area contributed by atoms with E-state index in [0.29, 0.717) is 26.1 Å². The van der Waals surface area contributed by atoms with Crippen LogP contribution in [0.4, 0.5) is 0 Å². The van der Waals surface area contributed by atoms with Gasteiger partial charge in [0.15, 0.2) is 0 Å². The molecule has 2 rings (SSSR count). The highest BCUT2D eigenvalue weighted by molar-refractivity contribution is 9.11. The van der Waals surface area contributed by atoms with Gasteiger partial charge in [-0.15, -0.1) is 11.3 Å². The fraction of sp³-hybridized carbons (Fsp3) is 0.583. The number of aliphatic hydroxyl groups is 1. The Morgan fingerprint density at radius 2 is 2.44 bits per heavy atom. The number of thiophene rings is 1. The lowest BCUT2D eigenvalue weighted by molar-refractivity contribution is -0.133. The lowest BCUT2D eigenvalue weighted by Gasteiger charge is -2.23. The molecule has 18 heavy (non-hydrogen) atoms. The number of hydrogen-bond acceptors (Lipinski definition) is 4. The average Bonchev–Trinajstić information content (AvgIpc) is 2.94. The van der Waals surface area contributed by atoms with Gasteiger partial charge in [0, 0.05) is 18.0 Å². The Balaban J connectivity index is 1.97. The molecule has 1 fully saturated rings. The molecule has 2 unspecified atom stereocenters. The monoisotopic (exact) mass is 332 g/mol. The SMILES string of the molecule is CCN(Cc1ccc(Br)s1)C(=O)C1CC(O)CN1. The van der Waals surface area contributed by atoms with Crippen LogP contribution < -0.4 is 5.32 Å². The van der Waals surface area contributed by atoms with Crippen LogP contribution in [0.5, 0.6) is 0 Å². The minimum absolute atomic E-state index is 0.0820. The Morgan fingerprint density at radius 3 is 2.94 bits per heavy atom. The van der Waals surface area contributed by atoms with E-state index in [4.69, 9.17) is 0 Å². The molecule has 1 amide bonds. The van der Waals surface area contributed by atoms with Gasteiger partial charge in [-0.25, -0.2) is 0 Å². The van der Waals surface area contributed by atoms with Crippen LogP contribution in [0.15, 0.2) is 15.9 Å². The van der Waals surface area contributed by atoms with Crippen LogP contribution in [0.3, 0.4) is 0 Å². The van der Waals surface area contributed by atoms with Gasteiger partial charge in [-0.2, -0.15) is 0 Å². The molecule has 100 valence electrons. The third kappa shape index (κ3) is 3.32. The topological polar surface area (TPSA) is 52.6 Å². The summed E-state index contributed by atoms with van der Waals surface area (Å²) in [5.74, 6) is 0.0820. The van der Waals surface area contributed by atoms with E-state index >= 15 is 0 Å². The van der Waals surface area contributed by atoms with Crippen LogP contribution in [0.25, 0.3) is 0 Å². The van der Waals surface area contributed by atoms with Crippen molar-refractivity contribution in [3.8, 4) is 0 Å². The normalized spacial score (nSPS) is 23.3. The molecule has 0 saturated carbocycles. The molecule has 0 aliphatic carbocycles. The summed E-state index contributed by atoms with van der Waals surface area (Å²) in [6.45, 7) is 3.81. The lowest BCUT2D eigenvalue weighted by atomic mass is 10.2. The molecule has 2 heterocycles. The van der Waals surface area contributed by atoms with Crippen molar-refractivity contribution in [1.29, 1.82) is 0 Å². The number of rotatable bonds is 4. The number of nitrogens with one attached hydrogen (secondary N) is 1. The van der Waals surface area contributed by atoms with Crippen LogP contribution in [0, 0.1) is 0 Å². The Hall–Kier alpha value is -0.430. The molecule has 1 aromatic rings. The standard InChI is InChI=1S/C12H17BrN2O2S/c1-2-15(7-9-3-4-11(13)18-9)12(17)10-5-8(16)6-14-10/h3-4,8,10,14,16H,2,5-7H2,1H3. The number of nitrogens with zero attached hydrogens (tertiary/aromatic N) is 1. The van der Waals surface area contributed by atoms with E-state index in [1.807, 2.05) is 24.0 Å². The van der Waals surface area contributed by atoms with E-state index in [0.717, 1.165) is 8.66 Å². The first-order valence-corrected chi connectivity index (χ1v) is 7.65. The van der Waals surface area contributed by atoms with E-state index in [1.54, 1.807) is 11.3 Å². The van der Waals surface area contributed by atoms with Crippen molar-refractivity contribution >= 4 is 33.2 Å². The first-order chi connectivity index (χ1) is 8.60. The summed E-state index contributed by atoms with van der Waals surface area (Å²) in [4.78, 5) is 15.3. The molecule has 2 N–H and O–H groups in total. The second-order valence-corrected chi connectivity index (χ2v) is 6.96. The fourth-order valence-corrected chi connectivity index (χ4v) is 3.59. The number of amides is 1. The van der Waals surface area contributed by atoms with Crippen molar-refractivity contribution in [1.82, 2.24) is 10.2 Å². The van der Waals surface area contributed by atoms with Crippen LogP contribution in [-0.2, 0) is 11.3 Å². The van der Waals surface area contributed by atoms with Gasteiger partial charge in [-0.3, -0.25) is 4.79 Å². The zero-order valence-corrected chi connectivity index (χ0v) is 12.6. The van der Waals surface area contributed by atoms with E-state index in [1.165, 1.54) is 0 Å². The Kier molecular flexibility index (Phi) is 4.77. The number of carbonyl (C=O) groups is 1. The maximum atomic E-state index is 12.3.